The van der Waals surface area contributed by atoms with Crippen molar-refractivity contribution in [3.63, 3.8) is 0 Å². The molecule has 8 heteroatoms. The van der Waals surface area contributed by atoms with Gasteiger partial charge in [0, 0.05) is 18.5 Å². The molecule has 180 valence electrons. The van der Waals surface area contributed by atoms with Crippen LogP contribution in [0.2, 0.25) is 0 Å². The predicted molar refractivity (Wildman–Crippen MR) is 125 cm³/mol. The summed E-state index contributed by atoms with van der Waals surface area (Å²) in [7, 11) is 0. The van der Waals surface area contributed by atoms with Crippen LogP contribution in [-0.4, -0.2) is 66.4 Å². The molecule has 2 unspecified atom stereocenters. The van der Waals surface area contributed by atoms with Gasteiger partial charge in [-0.05, 0) is 42.5 Å². The van der Waals surface area contributed by atoms with E-state index in [1.807, 2.05) is 24.3 Å². The van der Waals surface area contributed by atoms with Gasteiger partial charge in [-0.25, -0.2) is 4.79 Å². The zero-order chi connectivity index (χ0) is 24.2. The fourth-order valence-electron chi connectivity index (χ4n) is 4.76. The molecule has 8 nitrogen and oxygen atoms in total. The second kappa shape index (κ2) is 10.3. The molecule has 1 saturated heterocycles. The van der Waals surface area contributed by atoms with Gasteiger partial charge in [-0.2, -0.15) is 0 Å². The average Bonchev–Trinajstić information content (AvgIpc) is 3.42. The number of amides is 2. The van der Waals surface area contributed by atoms with E-state index < -0.39 is 18.0 Å². The van der Waals surface area contributed by atoms with Crippen molar-refractivity contribution in [3.8, 4) is 11.1 Å². The predicted octanol–water partition coefficient (Wildman–Crippen LogP) is 3.25. The van der Waals surface area contributed by atoms with Gasteiger partial charge in [0.1, 0.15) is 13.2 Å². The number of ether oxygens (including phenoxy) is 2. The van der Waals surface area contributed by atoms with Crippen molar-refractivity contribution in [2.75, 3.05) is 26.3 Å². The van der Waals surface area contributed by atoms with E-state index in [0.29, 0.717) is 6.42 Å². The zero-order valence-corrected chi connectivity index (χ0v) is 19.4. The van der Waals surface area contributed by atoms with Crippen LogP contribution in [0.1, 0.15) is 37.3 Å². The SMILES string of the molecule is CC(C)N(CC(=O)O)C(=O)C1COC(CNC(=O)OCC2c3ccccc3-c3ccccc32)C1. The quantitative estimate of drug-likeness (QED) is 0.619. The normalized spacial score (nSPS) is 18.9. The summed E-state index contributed by atoms with van der Waals surface area (Å²) in [5, 5.41) is 11.8. The van der Waals surface area contributed by atoms with E-state index in [9.17, 15) is 14.4 Å². The molecule has 0 aromatic heterocycles. The minimum absolute atomic E-state index is 0.0147. The van der Waals surface area contributed by atoms with Crippen molar-refractivity contribution in [2.45, 2.75) is 38.3 Å². The number of carbonyl (C=O) groups is 3. The molecule has 1 fully saturated rings. The first-order valence-electron chi connectivity index (χ1n) is 11.6. The third kappa shape index (κ3) is 5.07. The number of hydrogen-bond donors (Lipinski definition) is 2. The first-order chi connectivity index (χ1) is 16.3. The van der Waals surface area contributed by atoms with Crippen LogP contribution in [0, 0.1) is 5.92 Å². The molecule has 1 heterocycles. The molecule has 2 N–H and O–H groups in total. The Balaban J connectivity index is 1.27. The first-order valence-corrected chi connectivity index (χ1v) is 11.6. The number of benzene rings is 2. The van der Waals surface area contributed by atoms with Gasteiger partial charge in [0.05, 0.1) is 18.6 Å². The topological polar surface area (TPSA) is 105 Å². The van der Waals surface area contributed by atoms with E-state index in [1.54, 1.807) is 13.8 Å². The van der Waals surface area contributed by atoms with Gasteiger partial charge in [-0.3, -0.25) is 9.59 Å². The molecule has 2 aromatic carbocycles. The van der Waals surface area contributed by atoms with Crippen LogP contribution in [0.15, 0.2) is 48.5 Å². The number of alkyl carbamates (subject to hydrolysis) is 1. The number of carboxylic acid groups (broad SMARTS) is 1. The molecule has 2 aliphatic rings. The van der Waals surface area contributed by atoms with Crippen molar-refractivity contribution in [1.82, 2.24) is 10.2 Å². The Labute approximate surface area is 198 Å². The van der Waals surface area contributed by atoms with Gasteiger partial charge in [0.2, 0.25) is 5.91 Å². The van der Waals surface area contributed by atoms with Crippen molar-refractivity contribution >= 4 is 18.0 Å². The lowest BCUT2D eigenvalue weighted by Gasteiger charge is -2.27. The monoisotopic (exact) mass is 466 g/mol. The van der Waals surface area contributed by atoms with E-state index >= 15 is 0 Å². The largest absolute Gasteiger partial charge is 0.480 e. The number of nitrogens with one attached hydrogen (secondary N) is 1. The average molecular weight is 467 g/mol. The molecule has 2 amide bonds. The number of carbonyl (C=O) groups excluding carboxylic acids is 2. The van der Waals surface area contributed by atoms with Gasteiger partial charge in [-0.15, -0.1) is 0 Å². The molecule has 0 spiro atoms. The highest BCUT2D eigenvalue weighted by Gasteiger charge is 2.35. The summed E-state index contributed by atoms with van der Waals surface area (Å²) in [6.45, 7) is 3.89. The summed E-state index contributed by atoms with van der Waals surface area (Å²) < 4.78 is 11.2. The Morgan fingerprint density at radius 1 is 1.09 bits per heavy atom. The molecule has 0 radical (unpaired) electrons. The number of hydrogen-bond acceptors (Lipinski definition) is 5. The highest BCUT2D eigenvalue weighted by atomic mass is 16.5. The lowest BCUT2D eigenvalue weighted by atomic mass is 9.98. The lowest BCUT2D eigenvalue weighted by Crippen LogP contribution is -2.44. The molecule has 1 aliphatic heterocycles. The molecule has 34 heavy (non-hydrogen) atoms. The molecule has 4 rings (SSSR count). The molecular formula is C26H30N2O6. The van der Waals surface area contributed by atoms with E-state index in [4.69, 9.17) is 14.6 Å². The molecule has 1 aliphatic carbocycles. The van der Waals surface area contributed by atoms with Gasteiger partial charge in [-0.1, -0.05) is 48.5 Å². The highest BCUT2D eigenvalue weighted by Crippen LogP contribution is 2.44. The van der Waals surface area contributed by atoms with Gasteiger partial charge >= 0.3 is 12.1 Å². The Hall–Kier alpha value is -3.39. The molecule has 0 saturated carbocycles. The second-order valence-corrected chi connectivity index (χ2v) is 9.05. The fourth-order valence-corrected chi connectivity index (χ4v) is 4.76. The Bertz CT molecular complexity index is 1020. The third-order valence-corrected chi connectivity index (χ3v) is 6.46. The summed E-state index contributed by atoms with van der Waals surface area (Å²) in [6, 6.07) is 16.1. The summed E-state index contributed by atoms with van der Waals surface area (Å²) in [4.78, 5) is 37.5. The van der Waals surface area contributed by atoms with Gasteiger partial charge < -0.3 is 24.8 Å². The standard InChI is InChI=1S/C26H30N2O6/c1-16(2)28(13-24(29)30)25(31)17-11-18(33-14-17)12-27-26(32)34-15-23-21-9-5-3-7-19(21)20-8-4-6-10-22(20)23/h3-10,16-18,23H,11-15H2,1-2H3,(H,27,32)(H,29,30). The summed E-state index contributed by atoms with van der Waals surface area (Å²) in [5.41, 5.74) is 4.63. The van der Waals surface area contributed by atoms with Crippen molar-refractivity contribution in [2.24, 2.45) is 5.92 Å². The van der Waals surface area contributed by atoms with Gasteiger partial charge in [0.15, 0.2) is 0 Å². The third-order valence-electron chi connectivity index (χ3n) is 6.46. The van der Waals surface area contributed by atoms with Crippen molar-refractivity contribution in [1.29, 1.82) is 0 Å². The maximum atomic E-state index is 12.7. The van der Waals surface area contributed by atoms with E-state index in [1.165, 1.54) is 16.0 Å². The zero-order valence-electron chi connectivity index (χ0n) is 19.4. The van der Waals surface area contributed by atoms with Crippen LogP contribution in [0.3, 0.4) is 0 Å². The van der Waals surface area contributed by atoms with Crippen LogP contribution < -0.4 is 5.32 Å². The van der Waals surface area contributed by atoms with Crippen LogP contribution in [-0.2, 0) is 19.1 Å². The maximum Gasteiger partial charge on any atom is 0.407 e. The van der Waals surface area contributed by atoms with Crippen LogP contribution >= 0.6 is 0 Å². The number of rotatable bonds is 8. The Morgan fingerprint density at radius 3 is 2.29 bits per heavy atom. The Kier molecular flexibility index (Phi) is 7.17. The number of nitrogens with zero attached hydrogens (tertiary/aromatic N) is 1. The minimum atomic E-state index is -1.05. The summed E-state index contributed by atoms with van der Waals surface area (Å²) >= 11 is 0. The van der Waals surface area contributed by atoms with Crippen LogP contribution in [0.25, 0.3) is 11.1 Å². The van der Waals surface area contributed by atoms with Crippen molar-refractivity contribution in [3.05, 3.63) is 59.7 Å². The molecule has 2 aromatic rings. The van der Waals surface area contributed by atoms with Crippen molar-refractivity contribution < 1.29 is 29.0 Å². The van der Waals surface area contributed by atoms with Gasteiger partial charge in [0.25, 0.3) is 0 Å². The maximum absolute atomic E-state index is 12.7. The molecule has 0 bridgehead atoms. The van der Waals surface area contributed by atoms with Crippen LogP contribution in [0.4, 0.5) is 4.79 Å². The van der Waals surface area contributed by atoms with E-state index in [0.717, 1.165) is 11.1 Å². The number of carboxylic acids is 1. The summed E-state index contributed by atoms with van der Waals surface area (Å²) in [6.07, 6.45) is -0.436. The minimum Gasteiger partial charge on any atom is -0.480 e. The molecule has 2 atom stereocenters. The number of fused-ring (bicyclic) bond motifs is 3. The Morgan fingerprint density at radius 2 is 1.71 bits per heavy atom. The fraction of sp³-hybridized carbons (Fsp3) is 0.423. The summed E-state index contributed by atoms with van der Waals surface area (Å²) in [5.74, 6) is -1.72. The first kappa shape index (κ1) is 23.8. The lowest BCUT2D eigenvalue weighted by molar-refractivity contribution is -0.147. The van der Waals surface area contributed by atoms with Crippen LogP contribution in [0.5, 0.6) is 0 Å². The smallest absolute Gasteiger partial charge is 0.407 e. The highest BCUT2D eigenvalue weighted by molar-refractivity contribution is 5.83. The second-order valence-electron chi connectivity index (χ2n) is 9.05. The molecular weight excluding hydrogens is 436 g/mol. The van der Waals surface area contributed by atoms with E-state index in [-0.39, 0.29) is 50.3 Å². The van der Waals surface area contributed by atoms with E-state index in [2.05, 4.69) is 29.6 Å². The number of aliphatic carboxylic acids is 1.